The van der Waals surface area contributed by atoms with Gasteiger partial charge in [0, 0.05) is 11.9 Å². The minimum absolute atomic E-state index is 0.217. The first-order valence-corrected chi connectivity index (χ1v) is 4.68. The summed E-state index contributed by atoms with van der Waals surface area (Å²) in [5.41, 5.74) is -0.518. The van der Waals surface area contributed by atoms with Gasteiger partial charge in [0.2, 0.25) is 5.95 Å². The summed E-state index contributed by atoms with van der Waals surface area (Å²) in [4.78, 5) is 10.8. The molecule has 0 aromatic carbocycles. The van der Waals surface area contributed by atoms with Crippen molar-refractivity contribution < 1.29 is 13.2 Å². The minimum Gasteiger partial charge on any atom is -0.220 e. The number of aromatic nitrogens is 2. The van der Waals surface area contributed by atoms with Crippen LogP contribution in [0.2, 0.25) is 0 Å². The summed E-state index contributed by atoms with van der Waals surface area (Å²) in [6.07, 6.45) is 1.28. The fourth-order valence-electron chi connectivity index (χ4n) is 0.962. The molecule has 3 nitrogen and oxygen atoms in total. The maximum absolute atomic E-state index is 12.3. The van der Waals surface area contributed by atoms with Gasteiger partial charge in [0.1, 0.15) is 5.69 Å². The third-order valence-corrected chi connectivity index (χ3v) is 1.68. The van der Waals surface area contributed by atoms with Gasteiger partial charge >= 0.3 is 6.18 Å². The van der Waals surface area contributed by atoms with Crippen molar-refractivity contribution in [3.05, 3.63) is 42.8 Å². The molecule has 0 unspecified atom stereocenters. The van der Waals surface area contributed by atoms with E-state index in [4.69, 9.17) is 0 Å². The van der Waals surface area contributed by atoms with Gasteiger partial charge in [0.05, 0.1) is 0 Å². The van der Waals surface area contributed by atoms with Crippen LogP contribution in [0.3, 0.4) is 0 Å². The van der Waals surface area contributed by atoms with E-state index in [0.717, 1.165) is 12.3 Å². The van der Waals surface area contributed by atoms with Gasteiger partial charge in [-0.15, -0.1) is 0 Å². The molecule has 0 aliphatic carbocycles. The zero-order valence-corrected chi connectivity index (χ0v) is 9.07. The summed E-state index contributed by atoms with van der Waals surface area (Å²) >= 11 is 0. The summed E-state index contributed by atoms with van der Waals surface area (Å²) in [6, 6.07) is 0.800. The highest BCUT2D eigenvalue weighted by Gasteiger charge is 2.32. The molecular formula is C11H10F3N3. The Bertz CT molecular complexity index is 461. The first kappa shape index (κ1) is 13.1. The van der Waals surface area contributed by atoms with Crippen LogP contribution in [0.5, 0.6) is 0 Å². The standard InChI is InChI=1S/C11H10F3N3/c1-3-4-5-8(2)16-10-15-7-6-9(17-10)11(12,13)14/h3-7H,1H2,2H3/b5-4-,16-8?. The lowest BCUT2D eigenvalue weighted by Crippen LogP contribution is -2.07. The Kier molecular flexibility index (Phi) is 4.14. The molecule has 1 heterocycles. The van der Waals surface area contributed by atoms with Gasteiger partial charge in [-0.2, -0.15) is 13.2 Å². The molecule has 0 saturated heterocycles. The van der Waals surface area contributed by atoms with Crippen molar-refractivity contribution in [1.82, 2.24) is 9.97 Å². The third-order valence-electron chi connectivity index (χ3n) is 1.68. The Labute approximate surface area is 96.4 Å². The van der Waals surface area contributed by atoms with E-state index in [1.165, 1.54) is 6.08 Å². The summed E-state index contributed by atoms with van der Waals surface area (Å²) < 4.78 is 37.0. The van der Waals surface area contributed by atoms with Crippen LogP contribution in [0.4, 0.5) is 19.1 Å². The summed E-state index contributed by atoms with van der Waals surface area (Å²) in [6.45, 7) is 5.09. The second-order valence-electron chi connectivity index (χ2n) is 3.09. The first-order valence-electron chi connectivity index (χ1n) is 4.68. The van der Waals surface area contributed by atoms with Gasteiger partial charge in [-0.25, -0.2) is 15.0 Å². The Morgan fingerprint density at radius 2 is 2.18 bits per heavy atom. The first-order chi connectivity index (χ1) is 7.93. The molecule has 0 saturated carbocycles. The van der Waals surface area contributed by atoms with Crippen LogP contribution in [0.1, 0.15) is 12.6 Å². The third kappa shape index (κ3) is 4.18. The fourth-order valence-corrected chi connectivity index (χ4v) is 0.962. The van der Waals surface area contributed by atoms with Crippen molar-refractivity contribution in [3.63, 3.8) is 0 Å². The summed E-state index contributed by atoms with van der Waals surface area (Å²) in [5.74, 6) is -0.217. The monoisotopic (exact) mass is 241 g/mol. The topological polar surface area (TPSA) is 38.1 Å². The van der Waals surface area contributed by atoms with Crippen molar-refractivity contribution in [3.8, 4) is 0 Å². The molecule has 0 radical (unpaired) electrons. The lowest BCUT2D eigenvalue weighted by atomic mass is 10.3. The number of aliphatic imine (C=N–C) groups is 1. The second-order valence-corrected chi connectivity index (χ2v) is 3.09. The average molecular weight is 241 g/mol. The molecular weight excluding hydrogens is 231 g/mol. The van der Waals surface area contributed by atoms with E-state index < -0.39 is 11.9 Å². The molecule has 17 heavy (non-hydrogen) atoms. The van der Waals surface area contributed by atoms with E-state index in [9.17, 15) is 13.2 Å². The summed E-state index contributed by atoms with van der Waals surface area (Å²) in [5, 5.41) is 0. The molecule has 0 aliphatic heterocycles. The van der Waals surface area contributed by atoms with Gasteiger partial charge in [-0.05, 0) is 19.1 Å². The predicted octanol–water partition coefficient (Wildman–Crippen LogP) is 3.33. The van der Waals surface area contributed by atoms with E-state index in [-0.39, 0.29) is 5.95 Å². The lowest BCUT2D eigenvalue weighted by Gasteiger charge is -2.04. The van der Waals surface area contributed by atoms with E-state index in [2.05, 4.69) is 21.5 Å². The van der Waals surface area contributed by atoms with Crippen molar-refractivity contribution >= 4 is 11.7 Å². The van der Waals surface area contributed by atoms with Gasteiger partial charge in [0.15, 0.2) is 0 Å². The molecule has 0 aliphatic rings. The highest BCUT2D eigenvalue weighted by Crippen LogP contribution is 2.27. The lowest BCUT2D eigenvalue weighted by molar-refractivity contribution is -0.141. The van der Waals surface area contributed by atoms with Crippen LogP contribution in [0, 0.1) is 0 Å². The average Bonchev–Trinajstić information content (AvgIpc) is 2.25. The van der Waals surface area contributed by atoms with Gasteiger partial charge < -0.3 is 0 Å². The largest absolute Gasteiger partial charge is 0.433 e. The van der Waals surface area contributed by atoms with Crippen molar-refractivity contribution in [2.24, 2.45) is 4.99 Å². The van der Waals surface area contributed by atoms with E-state index in [1.54, 1.807) is 19.1 Å². The van der Waals surface area contributed by atoms with Crippen LogP contribution >= 0.6 is 0 Å². The molecule has 0 bridgehead atoms. The Morgan fingerprint density at radius 3 is 2.76 bits per heavy atom. The smallest absolute Gasteiger partial charge is 0.220 e. The molecule has 0 atom stereocenters. The normalized spacial score (nSPS) is 13.1. The van der Waals surface area contributed by atoms with Crippen LogP contribution in [0.15, 0.2) is 42.1 Å². The van der Waals surface area contributed by atoms with Crippen LogP contribution in [0.25, 0.3) is 0 Å². The van der Waals surface area contributed by atoms with Crippen LogP contribution in [-0.2, 0) is 6.18 Å². The van der Waals surface area contributed by atoms with Crippen molar-refractivity contribution in [2.75, 3.05) is 0 Å². The van der Waals surface area contributed by atoms with E-state index >= 15 is 0 Å². The number of alkyl halides is 3. The Balaban J connectivity index is 3.01. The molecule has 1 aromatic heterocycles. The number of allylic oxidation sites excluding steroid dienone is 3. The Hall–Kier alpha value is -1.98. The van der Waals surface area contributed by atoms with Crippen molar-refractivity contribution in [1.29, 1.82) is 0 Å². The number of nitrogens with zero attached hydrogens (tertiary/aromatic N) is 3. The number of hydrogen-bond acceptors (Lipinski definition) is 3. The quantitative estimate of drug-likeness (QED) is 0.601. The van der Waals surface area contributed by atoms with Crippen LogP contribution < -0.4 is 0 Å². The van der Waals surface area contributed by atoms with E-state index in [0.29, 0.717) is 5.71 Å². The highest BCUT2D eigenvalue weighted by atomic mass is 19.4. The zero-order valence-electron chi connectivity index (χ0n) is 9.07. The Morgan fingerprint density at radius 1 is 1.47 bits per heavy atom. The maximum atomic E-state index is 12.3. The fraction of sp³-hybridized carbons (Fsp3) is 0.182. The molecule has 0 N–H and O–H groups in total. The summed E-state index contributed by atoms with van der Waals surface area (Å²) in [7, 11) is 0. The number of halogens is 3. The van der Waals surface area contributed by atoms with Crippen LogP contribution in [-0.4, -0.2) is 15.7 Å². The highest BCUT2D eigenvalue weighted by molar-refractivity contribution is 5.94. The molecule has 6 heteroatoms. The second kappa shape index (κ2) is 5.38. The number of rotatable bonds is 3. The number of hydrogen-bond donors (Lipinski definition) is 0. The molecule has 0 amide bonds. The minimum atomic E-state index is -4.49. The van der Waals surface area contributed by atoms with E-state index in [1.807, 2.05) is 0 Å². The molecule has 0 spiro atoms. The molecule has 1 rings (SSSR count). The predicted molar refractivity (Wildman–Crippen MR) is 59.1 cm³/mol. The molecule has 0 fully saturated rings. The zero-order chi connectivity index (χ0) is 12.9. The maximum Gasteiger partial charge on any atom is 0.433 e. The molecule has 1 aromatic rings. The van der Waals surface area contributed by atoms with Gasteiger partial charge in [-0.3, -0.25) is 0 Å². The van der Waals surface area contributed by atoms with Gasteiger partial charge in [0.25, 0.3) is 0 Å². The molecule has 90 valence electrons. The van der Waals surface area contributed by atoms with Crippen molar-refractivity contribution in [2.45, 2.75) is 13.1 Å². The van der Waals surface area contributed by atoms with Gasteiger partial charge in [-0.1, -0.05) is 18.7 Å². The SMILES string of the molecule is C=C/C=C\C(C)=Nc1nccc(C(F)(F)F)n1.